The van der Waals surface area contributed by atoms with Crippen LogP contribution in [-0.2, 0) is 11.3 Å². The molecule has 2 aromatic rings. The third-order valence-electron chi connectivity index (χ3n) is 3.96. The average Bonchev–Trinajstić information content (AvgIpc) is 2.55. The van der Waals surface area contributed by atoms with Crippen molar-refractivity contribution in [2.24, 2.45) is 5.92 Å². The van der Waals surface area contributed by atoms with Gasteiger partial charge in [-0.25, -0.2) is 4.39 Å². The fraction of sp³-hybridized carbons (Fsp3) is 0.316. The Kier molecular flexibility index (Phi) is 6.76. The lowest BCUT2D eigenvalue weighted by Crippen LogP contribution is -2.88. The van der Waals surface area contributed by atoms with Crippen LogP contribution in [0.2, 0.25) is 5.02 Å². The lowest BCUT2D eigenvalue weighted by Gasteiger charge is -2.19. The highest BCUT2D eigenvalue weighted by atomic mass is 35.5. The normalized spacial score (nSPS) is 12.2. The lowest BCUT2D eigenvalue weighted by molar-refractivity contribution is -0.692. The molecule has 0 heterocycles. The van der Waals surface area contributed by atoms with Crippen LogP contribution in [-0.4, -0.2) is 12.5 Å². The number of amides is 1. The summed E-state index contributed by atoms with van der Waals surface area (Å²) in [6.07, 6.45) is 0. The maximum atomic E-state index is 13.1. The van der Waals surface area contributed by atoms with E-state index in [9.17, 15) is 9.18 Å². The molecule has 0 saturated carbocycles. The number of rotatable bonds is 7. The van der Waals surface area contributed by atoms with Gasteiger partial charge in [-0.3, -0.25) is 4.79 Å². The topological polar surface area (TPSA) is 45.7 Å². The molecule has 0 aliphatic carbocycles. The molecule has 0 fully saturated rings. The number of hydrogen-bond donors (Lipinski definition) is 2. The van der Waals surface area contributed by atoms with Gasteiger partial charge in [0.15, 0.2) is 6.54 Å². The molecule has 3 nitrogen and oxygen atoms in total. The zero-order chi connectivity index (χ0) is 17.5. The van der Waals surface area contributed by atoms with Gasteiger partial charge in [0, 0.05) is 23.0 Å². The number of halogens is 2. The Morgan fingerprint density at radius 3 is 2.46 bits per heavy atom. The molecule has 2 rings (SSSR count). The van der Waals surface area contributed by atoms with Gasteiger partial charge in [0.05, 0.1) is 0 Å². The SMILES string of the molecule is CC(C)[C@@H]([NH2+]CC(=O)NCc1ccccc1Cl)c1ccc(F)cc1. The summed E-state index contributed by atoms with van der Waals surface area (Å²) in [6, 6.07) is 14.0. The molecule has 0 saturated heterocycles. The van der Waals surface area contributed by atoms with Crippen LogP contribution in [0, 0.1) is 11.7 Å². The molecular formula is C19H23ClFN2O+. The summed E-state index contributed by atoms with van der Waals surface area (Å²) in [5.41, 5.74) is 1.91. The van der Waals surface area contributed by atoms with Crippen molar-refractivity contribution in [2.75, 3.05) is 6.54 Å². The van der Waals surface area contributed by atoms with Gasteiger partial charge in [-0.1, -0.05) is 55.8 Å². The Bertz CT molecular complexity index is 673. The van der Waals surface area contributed by atoms with E-state index in [1.54, 1.807) is 18.2 Å². The van der Waals surface area contributed by atoms with E-state index in [-0.39, 0.29) is 17.8 Å². The maximum Gasteiger partial charge on any atom is 0.275 e. The minimum atomic E-state index is -0.251. The Balaban J connectivity index is 1.88. The second-order valence-electron chi connectivity index (χ2n) is 6.13. The summed E-state index contributed by atoms with van der Waals surface area (Å²) in [6.45, 7) is 4.90. The van der Waals surface area contributed by atoms with Crippen LogP contribution in [0.5, 0.6) is 0 Å². The molecule has 0 aliphatic rings. The zero-order valence-corrected chi connectivity index (χ0v) is 14.7. The first-order valence-electron chi connectivity index (χ1n) is 8.06. The number of carbonyl (C=O) groups excluding carboxylic acids is 1. The van der Waals surface area contributed by atoms with Gasteiger partial charge in [0.2, 0.25) is 0 Å². The highest BCUT2D eigenvalue weighted by Gasteiger charge is 2.20. The number of nitrogens with two attached hydrogens (primary N) is 1. The molecule has 1 amide bonds. The first-order chi connectivity index (χ1) is 11.5. The van der Waals surface area contributed by atoms with Crippen LogP contribution in [0.3, 0.4) is 0 Å². The fourth-order valence-electron chi connectivity index (χ4n) is 2.62. The van der Waals surface area contributed by atoms with E-state index < -0.39 is 0 Å². The van der Waals surface area contributed by atoms with E-state index >= 15 is 0 Å². The second kappa shape index (κ2) is 8.81. The molecule has 0 spiro atoms. The van der Waals surface area contributed by atoms with E-state index in [4.69, 9.17) is 11.6 Å². The number of hydrogen-bond acceptors (Lipinski definition) is 1. The van der Waals surface area contributed by atoms with Crippen LogP contribution >= 0.6 is 11.6 Å². The minimum absolute atomic E-state index is 0.0531. The van der Waals surface area contributed by atoms with E-state index in [2.05, 4.69) is 19.2 Å². The van der Waals surface area contributed by atoms with Crippen molar-refractivity contribution in [2.45, 2.75) is 26.4 Å². The van der Waals surface area contributed by atoms with Crippen LogP contribution in [0.25, 0.3) is 0 Å². The third-order valence-corrected chi connectivity index (χ3v) is 4.33. The van der Waals surface area contributed by atoms with Crippen molar-refractivity contribution in [3.63, 3.8) is 0 Å². The van der Waals surface area contributed by atoms with Crippen LogP contribution < -0.4 is 10.6 Å². The Morgan fingerprint density at radius 1 is 1.17 bits per heavy atom. The first kappa shape index (κ1) is 18.4. The molecule has 0 aromatic heterocycles. The van der Waals surface area contributed by atoms with Crippen LogP contribution in [0.15, 0.2) is 48.5 Å². The molecule has 0 radical (unpaired) electrons. The minimum Gasteiger partial charge on any atom is -0.347 e. The van der Waals surface area contributed by atoms with Crippen molar-refractivity contribution in [3.8, 4) is 0 Å². The zero-order valence-electron chi connectivity index (χ0n) is 13.9. The molecule has 2 aromatic carbocycles. The summed E-state index contributed by atoms with van der Waals surface area (Å²) in [5, 5.41) is 5.51. The Labute approximate surface area is 147 Å². The molecule has 0 unspecified atom stereocenters. The van der Waals surface area contributed by atoms with Crippen molar-refractivity contribution in [3.05, 3.63) is 70.5 Å². The predicted molar refractivity (Wildman–Crippen MR) is 94.1 cm³/mol. The Hall–Kier alpha value is -1.91. The van der Waals surface area contributed by atoms with Gasteiger partial charge in [-0.15, -0.1) is 0 Å². The van der Waals surface area contributed by atoms with Crippen molar-refractivity contribution in [1.29, 1.82) is 0 Å². The van der Waals surface area contributed by atoms with Crippen molar-refractivity contribution < 1.29 is 14.5 Å². The van der Waals surface area contributed by atoms with E-state index in [1.807, 2.05) is 23.5 Å². The molecule has 128 valence electrons. The molecule has 5 heteroatoms. The first-order valence-corrected chi connectivity index (χ1v) is 8.44. The summed E-state index contributed by atoms with van der Waals surface area (Å²) >= 11 is 6.08. The number of carbonyl (C=O) groups is 1. The molecular weight excluding hydrogens is 327 g/mol. The van der Waals surface area contributed by atoms with Crippen LogP contribution in [0.1, 0.15) is 31.0 Å². The monoisotopic (exact) mass is 349 g/mol. The molecule has 24 heavy (non-hydrogen) atoms. The molecule has 1 atom stereocenters. The molecule has 0 aliphatic heterocycles. The number of benzene rings is 2. The molecule has 0 bridgehead atoms. The Morgan fingerprint density at radius 2 is 1.83 bits per heavy atom. The van der Waals surface area contributed by atoms with Gasteiger partial charge < -0.3 is 10.6 Å². The fourth-order valence-corrected chi connectivity index (χ4v) is 2.82. The number of quaternary nitrogens is 1. The van der Waals surface area contributed by atoms with Gasteiger partial charge in [-0.05, 0) is 23.8 Å². The third kappa shape index (κ3) is 5.32. The highest BCUT2D eigenvalue weighted by molar-refractivity contribution is 6.31. The van der Waals surface area contributed by atoms with Crippen molar-refractivity contribution >= 4 is 17.5 Å². The quantitative estimate of drug-likeness (QED) is 0.793. The summed E-state index contributed by atoms with van der Waals surface area (Å²) in [4.78, 5) is 12.1. The van der Waals surface area contributed by atoms with Gasteiger partial charge in [0.1, 0.15) is 11.9 Å². The van der Waals surface area contributed by atoms with Gasteiger partial charge >= 0.3 is 0 Å². The smallest absolute Gasteiger partial charge is 0.275 e. The second-order valence-corrected chi connectivity index (χ2v) is 6.54. The van der Waals surface area contributed by atoms with Gasteiger partial charge in [0.25, 0.3) is 5.91 Å². The highest BCUT2D eigenvalue weighted by Crippen LogP contribution is 2.18. The lowest BCUT2D eigenvalue weighted by atomic mass is 9.96. The van der Waals surface area contributed by atoms with E-state index in [1.165, 1.54) is 12.1 Å². The largest absolute Gasteiger partial charge is 0.347 e. The standard InChI is InChI=1S/C19H22ClFN2O/c1-13(2)19(14-7-9-16(21)10-8-14)23-12-18(24)22-11-15-5-3-4-6-17(15)20/h3-10,13,19,23H,11-12H2,1-2H3,(H,22,24)/p+1/t19-/m1/s1. The molecule has 3 N–H and O–H groups in total. The summed E-state index contributed by atoms with van der Waals surface area (Å²) < 4.78 is 13.1. The predicted octanol–water partition coefficient (Wildman–Crippen LogP) is 3.06. The number of nitrogens with one attached hydrogen (secondary N) is 1. The average molecular weight is 350 g/mol. The summed E-state index contributed by atoms with van der Waals surface area (Å²) in [5.74, 6) is 0.0215. The van der Waals surface area contributed by atoms with E-state index in [0.717, 1.165) is 11.1 Å². The van der Waals surface area contributed by atoms with E-state index in [0.29, 0.717) is 24.0 Å². The summed E-state index contributed by atoms with van der Waals surface area (Å²) in [7, 11) is 0. The maximum absolute atomic E-state index is 13.1. The van der Waals surface area contributed by atoms with Crippen molar-refractivity contribution in [1.82, 2.24) is 5.32 Å². The van der Waals surface area contributed by atoms with Gasteiger partial charge in [-0.2, -0.15) is 0 Å². The van der Waals surface area contributed by atoms with Crippen LogP contribution in [0.4, 0.5) is 4.39 Å².